The lowest BCUT2D eigenvalue weighted by Crippen LogP contribution is -2.42. The first-order valence-corrected chi connectivity index (χ1v) is 10.1. The summed E-state index contributed by atoms with van der Waals surface area (Å²) in [5, 5.41) is 0. The number of hydrogen-bond donors (Lipinski definition) is 1. The molecule has 1 saturated carbocycles. The zero-order valence-corrected chi connectivity index (χ0v) is 17.8. The molecule has 3 saturated heterocycles. The Bertz CT molecular complexity index is 550. The molecule has 8 heteroatoms. The number of hydrogen-bond acceptors (Lipinski definition) is 4. The fourth-order valence-electron chi connectivity index (χ4n) is 5.63. The van der Waals surface area contributed by atoms with Gasteiger partial charge in [-0.05, 0) is 50.6 Å². The van der Waals surface area contributed by atoms with Gasteiger partial charge in [-0.25, -0.2) is 0 Å². The summed E-state index contributed by atoms with van der Waals surface area (Å²) in [5.41, 5.74) is 6.19. The Morgan fingerprint density at radius 3 is 2.63 bits per heavy atom. The van der Waals surface area contributed by atoms with Crippen LogP contribution < -0.4 is 5.73 Å². The van der Waals surface area contributed by atoms with Gasteiger partial charge in [0.05, 0.1) is 5.92 Å². The van der Waals surface area contributed by atoms with E-state index in [1.807, 2.05) is 9.80 Å². The molecule has 156 valence electrons. The normalized spacial score (nSPS) is 35.9. The van der Waals surface area contributed by atoms with Crippen molar-refractivity contribution < 1.29 is 9.59 Å². The highest BCUT2D eigenvalue weighted by Gasteiger charge is 2.45. The van der Waals surface area contributed by atoms with Gasteiger partial charge < -0.3 is 15.5 Å². The Labute approximate surface area is 175 Å². The molecule has 0 bridgehead atoms. The van der Waals surface area contributed by atoms with Crippen LogP contribution >= 0.6 is 24.8 Å². The molecule has 1 aliphatic carbocycles. The second kappa shape index (κ2) is 9.29. The molecule has 0 radical (unpaired) electrons. The molecule has 0 aromatic carbocycles. The van der Waals surface area contributed by atoms with Crippen LogP contribution in [-0.4, -0.2) is 77.9 Å². The lowest BCUT2D eigenvalue weighted by atomic mass is 9.98. The standard InChI is InChI=1S/C19H32N4O2.2ClH/c1-2-21-7-3-4-15(21)11-22-10-14(8-18(22)24)19(25)23-9-13-5-6-17(20)16(13)12-23;;/h13-17H,2-12,20H2,1H3;2*1H. The van der Waals surface area contributed by atoms with E-state index in [0.29, 0.717) is 30.8 Å². The highest BCUT2D eigenvalue weighted by Crippen LogP contribution is 2.38. The summed E-state index contributed by atoms with van der Waals surface area (Å²) in [4.78, 5) is 31.8. The van der Waals surface area contributed by atoms with Gasteiger partial charge in [-0.2, -0.15) is 0 Å². The topological polar surface area (TPSA) is 69.9 Å². The van der Waals surface area contributed by atoms with Crippen molar-refractivity contribution in [3.8, 4) is 0 Å². The summed E-state index contributed by atoms with van der Waals surface area (Å²) in [6.45, 7) is 7.45. The van der Waals surface area contributed by atoms with Crippen molar-refractivity contribution in [2.45, 2.75) is 51.1 Å². The van der Waals surface area contributed by atoms with E-state index in [0.717, 1.165) is 45.6 Å². The van der Waals surface area contributed by atoms with Crippen LogP contribution in [0.1, 0.15) is 39.0 Å². The molecule has 4 rings (SSSR count). The average molecular weight is 421 g/mol. The van der Waals surface area contributed by atoms with Crippen LogP contribution in [-0.2, 0) is 9.59 Å². The highest BCUT2D eigenvalue weighted by molar-refractivity contribution is 5.89. The summed E-state index contributed by atoms with van der Waals surface area (Å²) >= 11 is 0. The summed E-state index contributed by atoms with van der Waals surface area (Å²) in [6.07, 6.45) is 5.04. The number of fused-ring (bicyclic) bond motifs is 1. The lowest BCUT2D eigenvalue weighted by Gasteiger charge is -2.28. The van der Waals surface area contributed by atoms with Gasteiger partial charge in [-0.15, -0.1) is 24.8 Å². The molecule has 2 amide bonds. The maximum Gasteiger partial charge on any atom is 0.228 e. The molecular formula is C19H34Cl2N4O2. The summed E-state index contributed by atoms with van der Waals surface area (Å²) in [7, 11) is 0. The van der Waals surface area contributed by atoms with Gasteiger partial charge in [0.15, 0.2) is 0 Å². The van der Waals surface area contributed by atoms with Gasteiger partial charge in [0.25, 0.3) is 0 Å². The Balaban J connectivity index is 0.00000131. The van der Waals surface area contributed by atoms with E-state index < -0.39 is 0 Å². The van der Waals surface area contributed by atoms with Crippen LogP contribution in [0.25, 0.3) is 0 Å². The first-order chi connectivity index (χ1) is 12.1. The number of nitrogens with zero attached hydrogens (tertiary/aromatic N) is 3. The van der Waals surface area contributed by atoms with E-state index in [2.05, 4.69) is 11.8 Å². The molecule has 3 aliphatic heterocycles. The molecule has 2 N–H and O–H groups in total. The van der Waals surface area contributed by atoms with Crippen LogP contribution in [0.3, 0.4) is 0 Å². The van der Waals surface area contributed by atoms with Gasteiger partial charge in [-0.3, -0.25) is 14.5 Å². The SMILES string of the molecule is CCN1CCCC1CN1CC(C(=O)N2CC3CCC(N)C3C2)CC1=O.Cl.Cl. The summed E-state index contributed by atoms with van der Waals surface area (Å²) in [6, 6.07) is 0.735. The van der Waals surface area contributed by atoms with Gasteiger partial charge >= 0.3 is 0 Å². The van der Waals surface area contributed by atoms with Crippen molar-refractivity contribution in [2.75, 3.05) is 39.3 Å². The van der Waals surface area contributed by atoms with Crippen molar-refractivity contribution in [2.24, 2.45) is 23.5 Å². The Hall–Kier alpha value is -0.560. The molecular weight excluding hydrogens is 387 g/mol. The second-order valence-electron chi connectivity index (χ2n) is 8.53. The van der Waals surface area contributed by atoms with Gasteiger partial charge in [-0.1, -0.05) is 6.92 Å². The van der Waals surface area contributed by atoms with Crippen molar-refractivity contribution in [1.29, 1.82) is 0 Å². The predicted molar refractivity (Wildman–Crippen MR) is 110 cm³/mol. The van der Waals surface area contributed by atoms with E-state index in [9.17, 15) is 9.59 Å². The number of nitrogens with two attached hydrogens (primary N) is 1. The second-order valence-corrected chi connectivity index (χ2v) is 8.53. The molecule has 5 unspecified atom stereocenters. The molecule has 4 fully saturated rings. The smallest absolute Gasteiger partial charge is 0.228 e. The van der Waals surface area contributed by atoms with Crippen molar-refractivity contribution in [3.05, 3.63) is 0 Å². The van der Waals surface area contributed by atoms with E-state index >= 15 is 0 Å². The third-order valence-corrected chi connectivity index (χ3v) is 7.12. The first kappa shape index (κ1) is 22.7. The lowest BCUT2D eigenvalue weighted by molar-refractivity contribution is -0.135. The van der Waals surface area contributed by atoms with Crippen LogP contribution in [0.4, 0.5) is 0 Å². The molecule has 5 atom stereocenters. The van der Waals surface area contributed by atoms with Crippen LogP contribution in [0.2, 0.25) is 0 Å². The molecule has 3 heterocycles. The van der Waals surface area contributed by atoms with Crippen molar-refractivity contribution in [3.63, 3.8) is 0 Å². The molecule has 0 aromatic heterocycles. The molecule has 0 spiro atoms. The minimum absolute atomic E-state index is 0. The van der Waals surface area contributed by atoms with E-state index in [4.69, 9.17) is 5.73 Å². The first-order valence-electron chi connectivity index (χ1n) is 10.1. The molecule has 4 aliphatic rings. The fourth-order valence-corrected chi connectivity index (χ4v) is 5.63. The van der Waals surface area contributed by atoms with Gasteiger partial charge in [0.1, 0.15) is 0 Å². The van der Waals surface area contributed by atoms with Crippen LogP contribution in [0, 0.1) is 17.8 Å². The maximum atomic E-state index is 12.9. The zero-order chi connectivity index (χ0) is 17.6. The number of amides is 2. The summed E-state index contributed by atoms with van der Waals surface area (Å²) in [5.74, 6) is 1.28. The zero-order valence-electron chi connectivity index (χ0n) is 16.2. The summed E-state index contributed by atoms with van der Waals surface area (Å²) < 4.78 is 0. The third-order valence-electron chi connectivity index (χ3n) is 7.12. The number of rotatable bonds is 4. The number of carbonyl (C=O) groups excluding carboxylic acids is 2. The number of likely N-dealkylation sites (tertiary alicyclic amines) is 3. The third kappa shape index (κ3) is 4.39. The quantitative estimate of drug-likeness (QED) is 0.744. The molecule has 6 nitrogen and oxygen atoms in total. The Morgan fingerprint density at radius 2 is 1.93 bits per heavy atom. The molecule has 27 heavy (non-hydrogen) atoms. The van der Waals surface area contributed by atoms with Gasteiger partial charge in [0.2, 0.25) is 11.8 Å². The highest BCUT2D eigenvalue weighted by atomic mass is 35.5. The predicted octanol–water partition coefficient (Wildman–Crippen LogP) is 1.36. The Morgan fingerprint density at radius 1 is 1.15 bits per heavy atom. The van der Waals surface area contributed by atoms with Crippen LogP contribution in [0.5, 0.6) is 0 Å². The van der Waals surface area contributed by atoms with Crippen LogP contribution in [0.15, 0.2) is 0 Å². The van der Waals surface area contributed by atoms with Gasteiger partial charge in [0, 0.05) is 44.7 Å². The number of carbonyl (C=O) groups is 2. The fraction of sp³-hybridized carbons (Fsp3) is 0.895. The monoisotopic (exact) mass is 420 g/mol. The average Bonchev–Trinajstić information content (AvgIpc) is 3.34. The van der Waals surface area contributed by atoms with E-state index in [-0.39, 0.29) is 48.6 Å². The number of halogens is 2. The Kier molecular flexibility index (Phi) is 7.82. The minimum atomic E-state index is -0.140. The van der Waals surface area contributed by atoms with E-state index in [1.54, 1.807) is 0 Å². The minimum Gasteiger partial charge on any atom is -0.342 e. The van der Waals surface area contributed by atoms with Crippen molar-refractivity contribution in [1.82, 2.24) is 14.7 Å². The van der Waals surface area contributed by atoms with Crippen molar-refractivity contribution >= 4 is 36.6 Å². The van der Waals surface area contributed by atoms with E-state index in [1.165, 1.54) is 12.8 Å². The number of likely N-dealkylation sites (N-methyl/N-ethyl adjacent to an activating group) is 1. The molecule has 0 aromatic rings. The largest absolute Gasteiger partial charge is 0.342 e. The maximum absolute atomic E-state index is 12.9.